The van der Waals surface area contributed by atoms with E-state index in [9.17, 15) is 4.79 Å². The minimum Gasteiger partial charge on any atom is -0.358 e. The summed E-state index contributed by atoms with van der Waals surface area (Å²) in [5.41, 5.74) is 1.28. The van der Waals surface area contributed by atoms with Crippen molar-refractivity contribution in [3.63, 3.8) is 0 Å². The van der Waals surface area contributed by atoms with E-state index in [1.54, 1.807) is 7.05 Å². The van der Waals surface area contributed by atoms with Crippen LogP contribution < -0.4 is 10.6 Å². The molecule has 0 radical (unpaired) electrons. The highest BCUT2D eigenvalue weighted by molar-refractivity contribution is 5.81. The normalized spacial score (nSPS) is 23.9. The fourth-order valence-electron chi connectivity index (χ4n) is 2.57. The lowest BCUT2D eigenvalue weighted by atomic mass is 9.87. The van der Waals surface area contributed by atoms with Crippen molar-refractivity contribution in [1.82, 2.24) is 20.4 Å². The van der Waals surface area contributed by atoms with Crippen LogP contribution in [0, 0.1) is 5.92 Å². The van der Waals surface area contributed by atoms with Crippen LogP contribution in [0.4, 0.5) is 0 Å². The Morgan fingerprint density at radius 2 is 2.50 bits per heavy atom. The predicted octanol–water partition coefficient (Wildman–Crippen LogP) is 0.560. The van der Waals surface area contributed by atoms with Gasteiger partial charge in [-0.25, -0.2) is 0 Å². The monoisotopic (exact) mass is 250 g/mol. The van der Waals surface area contributed by atoms with E-state index in [1.807, 2.05) is 10.9 Å². The van der Waals surface area contributed by atoms with E-state index in [-0.39, 0.29) is 11.9 Å². The zero-order chi connectivity index (χ0) is 13.0. The number of amides is 1. The van der Waals surface area contributed by atoms with Crippen molar-refractivity contribution in [3.05, 3.63) is 18.0 Å². The van der Waals surface area contributed by atoms with Crippen molar-refractivity contribution < 1.29 is 4.79 Å². The largest absolute Gasteiger partial charge is 0.358 e. The van der Waals surface area contributed by atoms with E-state index in [0.29, 0.717) is 5.92 Å². The molecule has 2 heterocycles. The molecular formula is C13H22N4O. The van der Waals surface area contributed by atoms with Crippen molar-refractivity contribution in [2.75, 3.05) is 13.6 Å². The summed E-state index contributed by atoms with van der Waals surface area (Å²) >= 11 is 0. The summed E-state index contributed by atoms with van der Waals surface area (Å²) < 4.78 is 1.95. The lowest BCUT2D eigenvalue weighted by molar-refractivity contribution is -0.123. The zero-order valence-electron chi connectivity index (χ0n) is 11.1. The maximum atomic E-state index is 11.6. The molecule has 2 unspecified atom stereocenters. The van der Waals surface area contributed by atoms with E-state index in [0.717, 1.165) is 32.4 Å². The summed E-state index contributed by atoms with van der Waals surface area (Å²) in [6, 6.07) is -0.0324. The summed E-state index contributed by atoms with van der Waals surface area (Å²) in [6.07, 6.45) is 7.12. The second-order valence-corrected chi connectivity index (χ2v) is 4.92. The first kappa shape index (κ1) is 13.1. The molecule has 1 aliphatic heterocycles. The molecule has 0 aromatic carbocycles. The van der Waals surface area contributed by atoms with Crippen molar-refractivity contribution >= 4 is 5.91 Å². The minimum absolute atomic E-state index is 0.0324. The minimum atomic E-state index is -0.0324. The third-order valence-electron chi connectivity index (χ3n) is 3.61. The molecule has 1 aromatic rings. The first-order valence-electron chi connectivity index (χ1n) is 6.69. The van der Waals surface area contributed by atoms with E-state index in [2.05, 4.69) is 28.9 Å². The van der Waals surface area contributed by atoms with Crippen LogP contribution in [0.15, 0.2) is 12.4 Å². The standard InChI is InChI=1S/C13H22N4O/c1-3-17-9-11(8-16-17)6-10-4-5-15-12(7-10)13(18)14-2/h8-10,12,15H,3-7H2,1-2H3,(H,14,18). The number of carbonyl (C=O) groups is 1. The molecular weight excluding hydrogens is 228 g/mol. The van der Waals surface area contributed by atoms with Gasteiger partial charge in [-0.3, -0.25) is 9.48 Å². The Hall–Kier alpha value is -1.36. The van der Waals surface area contributed by atoms with Gasteiger partial charge in [0.1, 0.15) is 0 Å². The molecule has 2 N–H and O–H groups in total. The second kappa shape index (κ2) is 6.00. The average molecular weight is 250 g/mol. The molecule has 0 spiro atoms. The molecule has 2 atom stereocenters. The first-order valence-corrected chi connectivity index (χ1v) is 6.69. The molecule has 1 aromatic heterocycles. The molecule has 1 fully saturated rings. The quantitative estimate of drug-likeness (QED) is 0.821. The van der Waals surface area contributed by atoms with Gasteiger partial charge in [0.05, 0.1) is 12.2 Å². The summed E-state index contributed by atoms with van der Waals surface area (Å²) in [5, 5.41) is 10.3. The van der Waals surface area contributed by atoms with Gasteiger partial charge in [-0.1, -0.05) is 0 Å². The number of aromatic nitrogens is 2. The van der Waals surface area contributed by atoms with Gasteiger partial charge in [-0.15, -0.1) is 0 Å². The number of nitrogens with zero attached hydrogens (tertiary/aromatic N) is 2. The van der Waals surface area contributed by atoms with Crippen molar-refractivity contribution in [2.24, 2.45) is 5.92 Å². The lowest BCUT2D eigenvalue weighted by Gasteiger charge is -2.28. The molecule has 5 heteroatoms. The number of rotatable bonds is 4. The number of likely N-dealkylation sites (N-methyl/N-ethyl adjacent to an activating group) is 1. The SMILES string of the molecule is CCn1cc(CC2CCNC(C(=O)NC)C2)cn1. The molecule has 5 nitrogen and oxygen atoms in total. The highest BCUT2D eigenvalue weighted by atomic mass is 16.2. The number of piperidine rings is 1. The Morgan fingerprint density at radius 1 is 1.67 bits per heavy atom. The molecule has 2 rings (SSSR count). The third-order valence-corrected chi connectivity index (χ3v) is 3.61. The Morgan fingerprint density at radius 3 is 3.17 bits per heavy atom. The fraction of sp³-hybridized carbons (Fsp3) is 0.692. The maximum absolute atomic E-state index is 11.6. The Bertz CT molecular complexity index is 401. The van der Waals surface area contributed by atoms with Gasteiger partial charge in [0.2, 0.25) is 5.91 Å². The molecule has 0 saturated carbocycles. The van der Waals surface area contributed by atoms with Gasteiger partial charge < -0.3 is 10.6 Å². The van der Waals surface area contributed by atoms with Crippen LogP contribution in [0.5, 0.6) is 0 Å². The molecule has 1 aliphatic rings. The predicted molar refractivity (Wildman–Crippen MR) is 70.2 cm³/mol. The van der Waals surface area contributed by atoms with E-state index in [1.165, 1.54) is 5.56 Å². The van der Waals surface area contributed by atoms with Gasteiger partial charge in [-0.05, 0) is 44.2 Å². The van der Waals surface area contributed by atoms with Crippen molar-refractivity contribution in [3.8, 4) is 0 Å². The number of hydrogen-bond donors (Lipinski definition) is 2. The van der Waals surface area contributed by atoms with Crippen LogP contribution in [-0.4, -0.2) is 35.3 Å². The number of hydrogen-bond acceptors (Lipinski definition) is 3. The van der Waals surface area contributed by atoms with Crippen LogP contribution in [0.2, 0.25) is 0 Å². The van der Waals surface area contributed by atoms with Gasteiger partial charge in [0, 0.05) is 19.8 Å². The Labute approximate surface area is 108 Å². The van der Waals surface area contributed by atoms with Crippen LogP contribution >= 0.6 is 0 Å². The molecule has 1 amide bonds. The summed E-state index contributed by atoms with van der Waals surface area (Å²) in [4.78, 5) is 11.6. The Balaban J connectivity index is 1.91. The third kappa shape index (κ3) is 3.10. The number of nitrogens with one attached hydrogen (secondary N) is 2. The summed E-state index contributed by atoms with van der Waals surface area (Å²) in [7, 11) is 1.69. The van der Waals surface area contributed by atoms with Crippen molar-refractivity contribution in [2.45, 2.75) is 38.8 Å². The zero-order valence-corrected chi connectivity index (χ0v) is 11.1. The molecule has 100 valence electrons. The van der Waals surface area contributed by atoms with Crippen LogP contribution in [0.3, 0.4) is 0 Å². The van der Waals surface area contributed by atoms with Gasteiger partial charge in [-0.2, -0.15) is 5.10 Å². The second-order valence-electron chi connectivity index (χ2n) is 4.92. The molecule has 18 heavy (non-hydrogen) atoms. The maximum Gasteiger partial charge on any atom is 0.236 e. The smallest absolute Gasteiger partial charge is 0.236 e. The Kier molecular flexibility index (Phi) is 4.36. The molecule has 1 saturated heterocycles. The fourth-order valence-corrected chi connectivity index (χ4v) is 2.57. The first-order chi connectivity index (χ1) is 8.72. The van der Waals surface area contributed by atoms with E-state index < -0.39 is 0 Å². The van der Waals surface area contributed by atoms with Crippen LogP contribution in [-0.2, 0) is 17.8 Å². The van der Waals surface area contributed by atoms with Gasteiger partial charge in [0.15, 0.2) is 0 Å². The van der Waals surface area contributed by atoms with Crippen molar-refractivity contribution in [1.29, 1.82) is 0 Å². The highest BCUT2D eigenvalue weighted by Gasteiger charge is 2.26. The average Bonchev–Trinajstić information content (AvgIpc) is 2.86. The summed E-state index contributed by atoms with van der Waals surface area (Å²) in [5.74, 6) is 0.673. The lowest BCUT2D eigenvalue weighted by Crippen LogP contribution is -2.48. The molecule has 0 bridgehead atoms. The van der Waals surface area contributed by atoms with E-state index >= 15 is 0 Å². The number of carbonyl (C=O) groups excluding carboxylic acids is 1. The molecule has 0 aliphatic carbocycles. The van der Waals surface area contributed by atoms with Gasteiger partial charge >= 0.3 is 0 Å². The number of aryl methyl sites for hydroxylation is 1. The topological polar surface area (TPSA) is 59.0 Å². The van der Waals surface area contributed by atoms with Crippen LogP contribution in [0.25, 0.3) is 0 Å². The van der Waals surface area contributed by atoms with E-state index in [4.69, 9.17) is 0 Å². The van der Waals surface area contributed by atoms with Gasteiger partial charge in [0.25, 0.3) is 0 Å². The summed E-state index contributed by atoms with van der Waals surface area (Å²) in [6.45, 7) is 3.92. The highest BCUT2D eigenvalue weighted by Crippen LogP contribution is 2.21. The van der Waals surface area contributed by atoms with Crippen LogP contribution in [0.1, 0.15) is 25.3 Å².